The third-order valence-corrected chi connectivity index (χ3v) is 3.06. The van der Waals surface area contributed by atoms with Crippen LogP contribution in [-0.4, -0.2) is 18.5 Å². The molecule has 3 N–H and O–H groups in total. The summed E-state index contributed by atoms with van der Waals surface area (Å²) in [6.07, 6.45) is 2.18. The van der Waals surface area contributed by atoms with Gasteiger partial charge in [-0.25, -0.2) is 8.78 Å². The van der Waals surface area contributed by atoms with Crippen LogP contribution in [0.1, 0.15) is 18.4 Å². The van der Waals surface area contributed by atoms with Gasteiger partial charge in [-0.3, -0.25) is 4.79 Å². The normalized spacial score (nSPS) is 16.4. The van der Waals surface area contributed by atoms with Crippen molar-refractivity contribution in [1.82, 2.24) is 5.32 Å². The first kappa shape index (κ1) is 13.0. The van der Waals surface area contributed by atoms with Gasteiger partial charge in [-0.2, -0.15) is 0 Å². The molecule has 2 rings (SSSR count). The monoisotopic (exact) mass is 254 g/mol. The van der Waals surface area contributed by atoms with Gasteiger partial charge >= 0.3 is 0 Å². The van der Waals surface area contributed by atoms with E-state index in [0.29, 0.717) is 5.56 Å². The standard InChI is InChI=1S/C13H16F2N2O/c14-10-2-1-8(12(15)6-10)5-9(7-16)13(18)17-11-3-4-11/h1-2,6,9,11H,3-5,7,16H2,(H,17,18). The van der Waals surface area contributed by atoms with Crippen LogP contribution in [0.5, 0.6) is 0 Å². The van der Waals surface area contributed by atoms with Crippen molar-refractivity contribution < 1.29 is 13.6 Å². The van der Waals surface area contributed by atoms with E-state index in [9.17, 15) is 13.6 Å². The highest BCUT2D eigenvalue weighted by molar-refractivity contribution is 5.79. The number of carbonyl (C=O) groups is 1. The van der Waals surface area contributed by atoms with E-state index < -0.39 is 17.6 Å². The number of carbonyl (C=O) groups excluding carboxylic acids is 1. The summed E-state index contributed by atoms with van der Waals surface area (Å²) in [5.74, 6) is -1.87. The minimum absolute atomic E-state index is 0.148. The second-order valence-corrected chi connectivity index (χ2v) is 4.66. The summed E-state index contributed by atoms with van der Waals surface area (Å²) < 4.78 is 26.2. The molecule has 0 radical (unpaired) electrons. The number of hydrogen-bond donors (Lipinski definition) is 2. The minimum Gasteiger partial charge on any atom is -0.353 e. The minimum atomic E-state index is -0.632. The lowest BCUT2D eigenvalue weighted by atomic mass is 9.98. The Morgan fingerprint density at radius 1 is 1.44 bits per heavy atom. The van der Waals surface area contributed by atoms with Crippen LogP contribution in [0.25, 0.3) is 0 Å². The van der Waals surface area contributed by atoms with Crippen LogP contribution < -0.4 is 11.1 Å². The molecule has 1 fully saturated rings. The molecule has 0 aliphatic heterocycles. The Bertz CT molecular complexity index is 447. The number of amides is 1. The molecule has 0 heterocycles. The van der Waals surface area contributed by atoms with E-state index in [2.05, 4.69) is 5.32 Å². The Labute approximate surface area is 104 Å². The molecular weight excluding hydrogens is 238 g/mol. The first-order valence-electron chi connectivity index (χ1n) is 6.04. The Kier molecular flexibility index (Phi) is 3.91. The fourth-order valence-electron chi connectivity index (χ4n) is 1.78. The van der Waals surface area contributed by atoms with E-state index in [4.69, 9.17) is 5.73 Å². The maximum absolute atomic E-state index is 13.5. The number of nitrogens with one attached hydrogen (secondary N) is 1. The first-order valence-corrected chi connectivity index (χ1v) is 6.04. The lowest BCUT2D eigenvalue weighted by molar-refractivity contribution is -0.124. The van der Waals surface area contributed by atoms with Crippen molar-refractivity contribution in [3.8, 4) is 0 Å². The summed E-state index contributed by atoms with van der Waals surface area (Å²) in [6.45, 7) is 0.148. The number of rotatable bonds is 5. The molecule has 1 unspecified atom stereocenters. The van der Waals surface area contributed by atoms with Crippen molar-refractivity contribution >= 4 is 5.91 Å². The lowest BCUT2D eigenvalue weighted by Gasteiger charge is -2.15. The zero-order chi connectivity index (χ0) is 13.1. The molecule has 3 nitrogen and oxygen atoms in total. The van der Waals surface area contributed by atoms with Crippen molar-refractivity contribution in [2.75, 3.05) is 6.54 Å². The number of benzene rings is 1. The van der Waals surface area contributed by atoms with Crippen LogP contribution in [0, 0.1) is 17.6 Å². The highest BCUT2D eigenvalue weighted by Crippen LogP contribution is 2.20. The SMILES string of the molecule is NCC(Cc1ccc(F)cc1F)C(=O)NC1CC1. The lowest BCUT2D eigenvalue weighted by Crippen LogP contribution is -2.37. The van der Waals surface area contributed by atoms with E-state index in [1.165, 1.54) is 12.1 Å². The molecule has 1 aromatic carbocycles. The molecule has 1 atom stereocenters. The number of hydrogen-bond acceptors (Lipinski definition) is 2. The average Bonchev–Trinajstić information content (AvgIpc) is 3.12. The Morgan fingerprint density at radius 2 is 2.17 bits per heavy atom. The number of halogens is 2. The van der Waals surface area contributed by atoms with Crippen molar-refractivity contribution in [2.24, 2.45) is 11.7 Å². The smallest absolute Gasteiger partial charge is 0.224 e. The Hall–Kier alpha value is -1.49. The van der Waals surface area contributed by atoms with Gasteiger partial charge in [0.1, 0.15) is 11.6 Å². The largest absolute Gasteiger partial charge is 0.353 e. The van der Waals surface area contributed by atoms with Crippen molar-refractivity contribution in [3.63, 3.8) is 0 Å². The van der Waals surface area contributed by atoms with Crippen molar-refractivity contribution in [1.29, 1.82) is 0 Å². The summed E-state index contributed by atoms with van der Waals surface area (Å²) in [7, 11) is 0. The van der Waals surface area contributed by atoms with Gasteiger partial charge < -0.3 is 11.1 Å². The summed E-state index contributed by atoms with van der Waals surface area (Å²) in [4.78, 5) is 11.8. The molecule has 1 aromatic rings. The molecule has 0 spiro atoms. The van der Waals surface area contributed by atoms with Gasteiger partial charge in [-0.05, 0) is 30.9 Å². The van der Waals surface area contributed by atoms with Gasteiger partial charge in [-0.15, -0.1) is 0 Å². The zero-order valence-corrected chi connectivity index (χ0v) is 9.96. The highest BCUT2D eigenvalue weighted by Gasteiger charge is 2.27. The van der Waals surface area contributed by atoms with Crippen molar-refractivity contribution in [3.05, 3.63) is 35.4 Å². The van der Waals surface area contributed by atoms with Gasteiger partial charge in [0.2, 0.25) is 5.91 Å². The summed E-state index contributed by atoms with van der Waals surface area (Å²) in [5.41, 5.74) is 5.86. The van der Waals surface area contributed by atoms with Crippen LogP contribution in [0.15, 0.2) is 18.2 Å². The highest BCUT2D eigenvalue weighted by atomic mass is 19.1. The van der Waals surface area contributed by atoms with E-state index in [0.717, 1.165) is 18.9 Å². The maximum Gasteiger partial charge on any atom is 0.224 e. The van der Waals surface area contributed by atoms with Crippen LogP contribution in [0.2, 0.25) is 0 Å². The topological polar surface area (TPSA) is 55.1 Å². The second kappa shape index (κ2) is 5.44. The van der Waals surface area contributed by atoms with Gasteiger partial charge in [0.15, 0.2) is 0 Å². The summed E-state index contributed by atoms with van der Waals surface area (Å²) in [5, 5.41) is 2.84. The van der Waals surface area contributed by atoms with E-state index in [-0.39, 0.29) is 24.9 Å². The molecule has 1 amide bonds. The third-order valence-electron chi connectivity index (χ3n) is 3.06. The fraction of sp³-hybridized carbons (Fsp3) is 0.462. The predicted octanol–water partition coefficient (Wildman–Crippen LogP) is 1.36. The van der Waals surface area contributed by atoms with Crippen LogP contribution in [0.3, 0.4) is 0 Å². The molecule has 98 valence electrons. The summed E-state index contributed by atoms with van der Waals surface area (Å²) >= 11 is 0. The maximum atomic E-state index is 13.5. The number of nitrogens with two attached hydrogens (primary N) is 1. The van der Waals surface area contributed by atoms with Crippen LogP contribution >= 0.6 is 0 Å². The molecule has 0 saturated heterocycles. The Balaban J connectivity index is 2.01. The molecule has 1 aliphatic carbocycles. The average molecular weight is 254 g/mol. The third kappa shape index (κ3) is 3.26. The molecular formula is C13H16F2N2O. The van der Waals surface area contributed by atoms with Gasteiger partial charge in [0, 0.05) is 18.7 Å². The first-order chi connectivity index (χ1) is 8.60. The summed E-state index contributed by atoms with van der Waals surface area (Å²) in [6, 6.07) is 3.62. The quantitative estimate of drug-likeness (QED) is 0.833. The zero-order valence-electron chi connectivity index (χ0n) is 9.96. The fourth-order valence-corrected chi connectivity index (χ4v) is 1.78. The Morgan fingerprint density at radius 3 is 2.72 bits per heavy atom. The predicted molar refractivity (Wildman–Crippen MR) is 63.8 cm³/mol. The molecule has 0 bridgehead atoms. The van der Waals surface area contributed by atoms with Crippen LogP contribution in [0.4, 0.5) is 8.78 Å². The molecule has 0 aromatic heterocycles. The van der Waals surface area contributed by atoms with Gasteiger partial charge in [0.05, 0.1) is 5.92 Å². The van der Waals surface area contributed by atoms with E-state index in [1.807, 2.05) is 0 Å². The van der Waals surface area contributed by atoms with Crippen LogP contribution in [-0.2, 0) is 11.2 Å². The van der Waals surface area contributed by atoms with E-state index in [1.54, 1.807) is 0 Å². The van der Waals surface area contributed by atoms with Crippen molar-refractivity contribution in [2.45, 2.75) is 25.3 Å². The van der Waals surface area contributed by atoms with Gasteiger partial charge in [0.25, 0.3) is 0 Å². The second-order valence-electron chi connectivity index (χ2n) is 4.66. The van der Waals surface area contributed by atoms with E-state index >= 15 is 0 Å². The molecule has 1 saturated carbocycles. The van der Waals surface area contributed by atoms with Gasteiger partial charge in [-0.1, -0.05) is 6.07 Å². The molecule has 18 heavy (non-hydrogen) atoms. The molecule has 1 aliphatic rings. The molecule has 5 heteroatoms.